The van der Waals surface area contributed by atoms with Crippen LogP contribution < -0.4 is 0 Å². The number of fused-ring (bicyclic) bond motifs is 5. The Kier molecular flexibility index (Phi) is 2.96. The molecule has 0 bridgehead atoms. The van der Waals surface area contributed by atoms with Gasteiger partial charge in [0.15, 0.2) is 5.78 Å². The van der Waals surface area contributed by atoms with Crippen LogP contribution in [0.4, 0.5) is 0 Å². The molecule has 1 N–H and O–H groups in total. The minimum absolute atomic E-state index is 0.0823. The van der Waals surface area contributed by atoms with Crippen molar-refractivity contribution >= 4 is 5.78 Å². The van der Waals surface area contributed by atoms with Gasteiger partial charge in [-0.1, -0.05) is 19.4 Å². The van der Waals surface area contributed by atoms with E-state index >= 15 is 0 Å². The van der Waals surface area contributed by atoms with Crippen LogP contribution in [0.3, 0.4) is 0 Å². The summed E-state index contributed by atoms with van der Waals surface area (Å²) in [5, 5.41) is 10.4. The minimum atomic E-state index is -0.0823. The SMILES string of the molecule is C[C@]12CC[C@H]3[C@@H](CCC4=C[13C](=O)CC[C@@]43C)[C@@H]1CC[C@@H]2O. The molecule has 0 aromatic rings. The second kappa shape index (κ2) is 4.44. The number of aliphatic hydroxyl groups is 1. The van der Waals surface area contributed by atoms with Gasteiger partial charge in [0.25, 0.3) is 0 Å². The smallest absolute Gasteiger partial charge is 0.155 e. The minimum Gasteiger partial charge on any atom is -0.393 e. The zero-order valence-electron chi connectivity index (χ0n) is 13.4. The van der Waals surface area contributed by atoms with Crippen LogP contribution in [0.2, 0.25) is 0 Å². The van der Waals surface area contributed by atoms with Crippen molar-refractivity contribution in [3.63, 3.8) is 0 Å². The molecule has 2 heteroatoms. The van der Waals surface area contributed by atoms with Crippen molar-refractivity contribution in [3.8, 4) is 0 Å². The summed E-state index contributed by atoms with van der Waals surface area (Å²) in [6, 6.07) is 0. The highest BCUT2D eigenvalue weighted by molar-refractivity contribution is 5.91. The van der Waals surface area contributed by atoms with Crippen LogP contribution >= 0.6 is 0 Å². The van der Waals surface area contributed by atoms with E-state index < -0.39 is 0 Å². The average molecular weight is 289 g/mol. The van der Waals surface area contributed by atoms with Gasteiger partial charge < -0.3 is 5.11 Å². The lowest BCUT2D eigenvalue weighted by Crippen LogP contribution is -2.51. The predicted molar refractivity (Wildman–Crippen MR) is 82.7 cm³/mol. The number of allylic oxidation sites excluding steroid dienone is 1. The van der Waals surface area contributed by atoms with E-state index in [-0.39, 0.29) is 16.9 Å². The zero-order valence-corrected chi connectivity index (χ0v) is 13.4. The van der Waals surface area contributed by atoms with Gasteiger partial charge in [-0.05, 0) is 79.6 Å². The Balaban J connectivity index is 1.69. The lowest BCUT2D eigenvalue weighted by Gasteiger charge is -2.57. The summed E-state index contributed by atoms with van der Waals surface area (Å²) in [6.07, 6.45) is 10.7. The third-order valence-corrected chi connectivity index (χ3v) is 7.91. The molecule has 21 heavy (non-hydrogen) atoms. The molecule has 4 rings (SSSR count). The van der Waals surface area contributed by atoms with E-state index in [1.54, 1.807) is 0 Å². The monoisotopic (exact) mass is 289 g/mol. The fourth-order valence-electron chi connectivity index (χ4n) is 6.53. The highest BCUT2D eigenvalue weighted by Gasteiger charge is 2.58. The Morgan fingerprint density at radius 3 is 2.67 bits per heavy atom. The number of hydrogen-bond donors (Lipinski definition) is 1. The van der Waals surface area contributed by atoms with Crippen LogP contribution in [0, 0.1) is 28.6 Å². The maximum absolute atomic E-state index is 11.8. The van der Waals surface area contributed by atoms with Gasteiger partial charge in [0.05, 0.1) is 6.10 Å². The molecule has 3 fully saturated rings. The molecule has 0 spiro atoms. The predicted octanol–water partition coefficient (Wildman–Crippen LogP) is 3.88. The molecule has 0 aromatic carbocycles. The molecule has 0 unspecified atom stereocenters. The first-order chi connectivity index (χ1) is 9.95. The molecule has 0 heterocycles. The zero-order chi connectivity index (χ0) is 14.8. The summed E-state index contributed by atoms with van der Waals surface area (Å²) in [7, 11) is 0. The number of carbonyl (C=O) groups is 1. The molecule has 116 valence electrons. The van der Waals surface area contributed by atoms with Crippen molar-refractivity contribution in [1.29, 1.82) is 0 Å². The van der Waals surface area contributed by atoms with Crippen LogP contribution in [0.25, 0.3) is 0 Å². The molecular formula is C19H28O2. The Morgan fingerprint density at radius 2 is 1.86 bits per heavy atom. The number of carbonyl (C=O) groups excluding carboxylic acids is 1. The molecule has 3 saturated carbocycles. The molecular weight excluding hydrogens is 261 g/mol. The topological polar surface area (TPSA) is 37.3 Å². The van der Waals surface area contributed by atoms with Gasteiger partial charge in [0.2, 0.25) is 0 Å². The van der Waals surface area contributed by atoms with E-state index in [0.717, 1.165) is 37.5 Å². The molecule has 0 aromatic heterocycles. The molecule has 0 radical (unpaired) electrons. The second-order valence-corrected chi connectivity index (χ2v) is 8.61. The highest BCUT2D eigenvalue weighted by atomic mass is 16.3. The van der Waals surface area contributed by atoms with E-state index in [1.807, 2.05) is 6.08 Å². The van der Waals surface area contributed by atoms with Crippen LogP contribution in [-0.2, 0) is 4.79 Å². The van der Waals surface area contributed by atoms with Gasteiger partial charge in [-0.2, -0.15) is 0 Å². The maximum Gasteiger partial charge on any atom is 0.155 e. The fourth-order valence-corrected chi connectivity index (χ4v) is 6.53. The third kappa shape index (κ3) is 1.78. The van der Waals surface area contributed by atoms with Crippen molar-refractivity contribution in [1.82, 2.24) is 0 Å². The van der Waals surface area contributed by atoms with Crippen LogP contribution in [0.1, 0.15) is 65.2 Å². The number of hydrogen-bond acceptors (Lipinski definition) is 2. The van der Waals surface area contributed by atoms with Gasteiger partial charge in [0, 0.05) is 6.42 Å². The standard InChI is InChI=1S/C19H28O2/c1-18-9-7-13(20)11-12(18)3-4-14-15-5-6-17(21)19(15,2)10-8-16(14)18/h11,14-17,21H,3-10H2,1-2H3/t14-,15-,16-,17-,18-,19-/m0/s1/i13+1. The highest BCUT2D eigenvalue weighted by Crippen LogP contribution is 2.65. The van der Waals surface area contributed by atoms with Crippen LogP contribution in [0.5, 0.6) is 0 Å². The molecule has 0 aliphatic heterocycles. The summed E-state index contributed by atoms with van der Waals surface area (Å²) >= 11 is 0. The van der Waals surface area contributed by atoms with Gasteiger partial charge in [-0.3, -0.25) is 4.79 Å². The normalized spacial score (nSPS) is 52.7. The van der Waals surface area contributed by atoms with E-state index in [2.05, 4.69) is 13.8 Å². The van der Waals surface area contributed by atoms with E-state index in [9.17, 15) is 9.90 Å². The van der Waals surface area contributed by atoms with Crippen molar-refractivity contribution in [2.45, 2.75) is 71.3 Å². The first-order valence-electron chi connectivity index (χ1n) is 8.87. The molecule has 6 atom stereocenters. The Morgan fingerprint density at radius 1 is 1.05 bits per heavy atom. The number of rotatable bonds is 0. The first kappa shape index (κ1) is 14.0. The summed E-state index contributed by atoms with van der Waals surface area (Å²) in [5.74, 6) is 2.57. The number of aliphatic hydroxyl groups excluding tert-OH is 1. The van der Waals surface area contributed by atoms with E-state index in [4.69, 9.17) is 0 Å². The van der Waals surface area contributed by atoms with Gasteiger partial charge in [-0.25, -0.2) is 0 Å². The average Bonchev–Trinajstić information content (AvgIpc) is 2.76. The molecule has 0 amide bonds. The maximum atomic E-state index is 11.8. The largest absolute Gasteiger partial charge is 0.393 e. The Hall–Kier alpha value is -0.630. The van der Waals surface area contributed by atoms with Gasteiger partial charge in [0.1, 0.15) is 0 Å². The lowest BCUT2D eigenvalue weighted by atomic mass is 9.48. The Labute approximate surface area is 128 Å². The second-order valence-electron chi connectivity index (χ2n) is 8.61. The van der Waals surface area contributed by atoms with Crippen molar-refractivity contribution < 1.29 is 9.90 Å². The van der Waals surface area contributed by atoms with E-state index in [1.165, 1.54) is 31.3 Å². The first-order valence-corrected chi connectivity index (χ1v) is 8.87. The van der Waals surface area contributed by atoms with Gasteiger partial charge >= 0.3 is 0 Å². The van der Waals surface area contributed by atoms with Crippen LogP contribution in [-0.4, -0.2) is 17.0 Å². The van der Waals surface area contributed by atoms with Crippen molar-refractivity contribution in [2.75, 3.05) is 0 Å². The third-order valence-electron chi connectivity index (χ3n) is 7.91. The molecule has 2 nitrogen and oxygen atoms in total. The van der Waals surface area contributed by atoms with Gasteiger partial charge in [-0.15, -0.1) is 0 Å². The molecule has 4 aliphatic rings. The molecule has 0 saturated heterocycles. The molecule has 4 aliphatic carbocycles. The Bertz CT molecular complexity index is 508. The van der Waals surface area contributed by atoms with Crippen molar-refractivity contribution in [2.24, 2.45) is 28.6 Å². The van der Waals surface area contributed by atoms with Crippen molar-refractivity contribution in [3.05, 3.63) is 11.6 Å². The summed E-state index contributed by atoms with van der Waals surface area (Å²) in [4.78, 5) is 11.8. The fraction of sp³-hybridized carbons (Fsp3) is 0.842. The lowest BCUT2D eigenvalue weighted by molar-refractivity contribution is -0.118. The number of ketones is 1. The summed E-state index contributed by atoms with van der Waals surface area (Å²) in [6.45, 7) is 4.76. The van der Waals surface area contributed by atoms with E-state index in [0.29, 0.717) is 11.7 Å². The quantitative estimate of drug-likeness (QED) is 0.687. The van der Waals surface area contributed by atoms with Crippen LogP contribution in [0.15, 0.2) is 11.6 Å². The summed E-state index contributed by atoms with van der Waals surface area (Å²) in [5.41, 5.74) is 1.89. The summed E-state index contributed by atoms with van der Waals surface area (Å²) < 4.78 is 0.